The zero-order valence-electron chi connectivity index (χ0n) is 10.4. The number of hydrogen-bond acceptors (Lipinski definition) is 2. The molecule has 0 saturated heterocycles. The van der Waals surface area contributed by atoms with Crippen LogP contribution in [0.4, 0.5) is 0 Å². The molecule has 0 spiro atoms. The maximum absolute atomic E-state index is 12.0. The molecule has 1 fully saturated rings. The number of hydrogen-bond donors (Lipinski definition) is 1. The Morgan fingerprint density at radius 1 is 1.41 bits per heavy atom. The summed E-state index contributed by atoms with van der Waals surface area (Å²) in [5, 5.41) is 0. The SMILES string of the molecule is CC1CC1CN(C)C(=O)Cc1ccc(S)cc1. The minimum absolute atomic E-state index is 0.205. The maximum Gasteiger partial charge on any atom is 0.226 e. The Kier molecular flexibility index (Phi) is 3.77. The van der Waals surface area contributed by atoms with Crippen LogP contribution in [0.25, 0.3) is 0 Å². The number of thiol groups is 1. The summed E-state index contributed by atoms with van der Waals surface area (Å²) >= 11 is 4.23. The topological polar surface area (TPSA) is 20.3 Å². The van der Waals surface area contributed by atoms with Crippen LogP contribution in [0.3, 0.4) is 0 Å². The largest absolute Gasteiger partial charge is 0.345 e. The van der Waals surface area contributed by atoms with Crippen LogP contribution in [0.2, 0.25) is 0 Å². The normalized spacial score (nSPS) is 22.3. The van der Waals surface area contributed by atoms with Crippen LogP contribution in [0.15, 0.2) is 29.2 Å². The number of carbonyl (C=O) groups excluding carboxylic acids is 1. The molecule has 1 aromatic carbocycles. The third-order valence-corrected chi connectivity index (χ3v) is 3.80. The van der Waals surface area contributed by atoms with Crippen LogP contribution in [0, 0.1) is 11.8 Å². The molecule has 0 aromatic heterocycles. The average Bonchev–Trinajstić information content (AvgIpc) is 2.97. The number of nitrogens with zero attached hydrogens (tertiary/aromatic N) is 1. The van der Waals surface area contributed by atoms with Gasteiger partial charge in [-0.2, -0.15) is 0 Å². The molecule has 1 aliphatic rings. The van der Waals surface area contributed by atoms with Crippen LogP contribution >= 0.6 is 12.6 Å². The Morgan fingerprint density at radius 2 is 2.00 bits per heavy atom. The minimum atomic E-state index is 0.205. The van der Waals surface area contributed by atoms with Gasteiger partial charge in [0.05, 0.1) is 6.42 Å². The number of benzene rings is 1. The highest BCUT2D eigenvalue weighted by Crippen LogP contribution is 2.37. The number of rotatable bonds is 4. The van der Waals surface area contributed by atoms with Gasteiger partial charge in [-0.1, -0.05) is 19.1 Å². The average molecular weight is 249 g/mol. The van der Waals surface area contributed by atoms with E-state index in [0.717, 1.165) is 28.8 Å². The molecule has 1 saturated carbocycles. The van der Waals surface area contributed by atoms with Gasteiger partial charge in [0, 0.05) is 18.5 Å². The first kappa shape index (κ1) is 12.5. The van der Waals surface area contributed by atoms with Crippen molar-refractivity contribution in [3.05, 3.63) is 29.8 Å². The molecule has 0 N–H and O–H groups in total. The lowest BCUT2D eigenvalue weighted by Crippen LogP contribution is -2.30. The van der Waals surface area contributed by atoms with Crippen LogP contribution in [-0.2, 0) is 11.2 Å². The molecular weight excluding hydrogens is 230 g/mol. The second-order valence-corrected chi connectivity index (χ2v) is 5.61. The van der Waals surface area contributed by atoms with Gasteiger partial charge >= 0.3 is 0 Å². The standard InChI is InChI=1S/C14H19NOS/c1-10-7-12(10)9-15(2)14(16)8-11-3-5-13(17)6-4-11/h3-6,10,12,17H,7-9H2,1-2H3. The summed E-state index contributed by atoms with van der Waals surface area (Å²) in [5.74, 6) is 1.73. The monoisotopic (exact) mass is 249 g/mol. The highest BCUT2D eigenvalue weighted by atomic mass is 32.1. The molecule has 2 nitrogen and oxygen atoms in total. The molecule has 3 heteroatoms. The lowest BCUT2D eigenvalue weighted by atomic mass is 10.1. The second kappa shape index (κ2) is 5.13. The van der Waals surface area contributed by atoms with Gasteiger partial charge in [-0.15, -0.1) is 12.6 Å². The third-order valence-electron chi connectivity index (χ3n) is 3.50. The molecule has 1 aromatic rings. The molecule has 92 valence electrons. The Labute approximate surface area is 108 Å². The number of likely N-dealkylation sites (N-methyl/N-ethyl adjacent to an activating group) is 1. The first-order chi connectivity index (χ1) is 8.06. The molecule has 0 heterocycles. The van der Waals surface area contributed by atoms with Crippen molar-refractivity contribution in [1.29, 1.82) is 0 Å². The maximum atomic E-state index is 12.0. The molecule has 2 unspecified atom stereocenters. The van der Waals surface area contributed by atoms with Crippen molar-refractivity contribution in [2.75, 3.05) is 13.6 Å². The Balaban J connectivity index is 1.85. The van der Waals surface area contributed by atoms with Crippen LogP contribution in [0.5, 0.6) is 0 Å². The smallest absolute Gasteiger partial charge is 0.226 e. The van der Waals surface area contributed by atoms with Crippen molar-refractivity contribution in [2.24, 2.45) is 11.8 Å². The fraction of sp³-hybridized carbons (Fsp3) is 0.500. The summed E-state index contributed by atoms with van der Waals surface area (Å²) in [4.78, 5) is 14.8. The van der Waals surface area contributed by atoms with E-state index < -0.39 is 0 Å². The predicted molar refractivity (Wildman–Crippen MR) is 72.3 cm³/mol. The Morgan fingerprint density at radius 3 is 2.53 bits per heavy atom. The van der Waals surface area contributed by atoms with Crippen LogP contribution in [-0.4, -0.2) is 24.4 Å². The third kappa shape index (κ3) is 3.50. The van der Waals surface area contributed by atoms with Crippen molar-refractivity contribution < 1.29 is 4.79 Å². The van der Waals surface area contributed by atoms with Crippen molar-refractivity contribution in [3.8, 4) is 0 Å². The second-order valence-electron chi connectivity index (χ2n) is 5.09. The zero-order chi connectivity index (χ0) is 12.4. The highest BCUT2D eigenvalue weighted by Gasteiger charge is 2.34. The summed E-state index contributed by atoms with van der Waals surface area (Å²) in [5.41, 5.74) is 1.06. The molecule has 2 atom stereocenters. The van der Waals surface area contributed by atoms with Gasteiger partial charge in [0.2, 0.25) is 5.91 Å². The molecule has 1 amide bonds. The predicted octanol–water partition coefficient (Wildman–Crippen LogP) is 2.63. The van der Waals surface area contributed by atoms with Crippen molar-refractivity contribution in [2.45, 2.75) is 24.7 Å². The van der Waals surface area contributed by atoms with Gasteiger partial charge < -0.3 is 4.90 Å². The van der Waals surface area contributed by atoms with Gasteiger partial charge in [0.15, 0.2) is 0 Å². The number of carbonyl (C=O) groups is 1. The van der Waals surface area contributed by atoms with Gasteiger partial charge in [-0.3, -0.25) is 4.79 Å². The molecule has 0 radical (unpaired) electrons. The van der Waals surface area contributed by atoms with Crippen LogP contribution < -0.4 is 0 Å². The van der Waals surface area contributed by atoms with E-state index in [1.165, 1.54) is 6.42 Å². The summed E-state index contributed by atoms with van der Waals surface area (Å²) < 4.78 is 0. The molecule has 0 aliphatic heterocycles. The summed E-state index contributed by atoms with van der Waals surface area (Å²) in [6.45, 7) is 3.15. The van der Waals surface area contributed by atoms with Crippen molar-refractivity contribution >= 4 is 18.5 Å². The zero-order valence-corrected chi connectivity index (χ0v) is 11.3. The summed E-state index contributed by atoms with van der Waals surface area (Å²) in [6.07, 6.45) is 1.76. The van der Waals surface area contributed by atoms with Gasteiger partial charge in [-0.25, -0.2) is 0 Å². The van der Waals surface area contributed by atoms with E-state index in [-0.39, 0.29) is 5.91 Å². The van der Waals surface area contributed by atoms with E-state index >= 15 is 0 Å². The number of amides is 1. The van der Waals surface area contributed by atoms with E-state index in [1.807, 2.05) is 36.2 Å². The molecule has 17 heavy (non-hydrogen) atoms. The Bertz CT molecular complexity index is 401. The lowest BCUT2D eigenvalue weighted by Gasteiger charge is -2.17. The molecule has 1 aliphatic carbocycles. The van der Waals surface area contributed by atoms with E-state index in [9.17, 15) is 4.79 Å². The molecule has 2 rings (SSSR count). The van der Waals surface area contributed by atoms with Crippen LogP contribution in [0.1, 0.15) is 18.9 Å². The summed E-state index contributed by atoms with van der Waals surface area (Å²) in [6, 6.07) is 7.78. The van der Waals surface area contributed by atoms with Gasteiger partial charge in [-0.05, 0) is 36.0 Å². The van der Waals surface area contributed by atoms with Gasteiger partial charge in [0.1, 0.15) is 0 Å². The first-order valence-corrected chi connectivity index (χ1v) is 6.53. The Hall–Kier alpha value is -0.960. The molecular formula is C14H19NOS. The fourth-order valence-corrected chi connectivity index (χ4v) is 2.18. The minimum Gasteiger partial charge on any atom is -0.345 e. The molecule has 0 bridgehead atoms. The van der Waals surface area contributed by atoms with E-state index in [2.05, 4.69) is 19.6 Å². The van der Waals surface area contributed by atoms with Crippen molar-refractivity contribution in [1.82, 2.24) is 4.90 Å². The van der Waals surface area contributed by atoms with Crippen molar-refractivity contribution in [3.63, 3.8) is 0 Å². The van der Waals surface area contributed by atoms with E-state index in [4.69, 9.17) is 0 Å². The summed E-state index contributed by atoms with van der Waals surface area (Å²) in [7, 11) is 1.90. The first-order valence-electron chi connectivity index (χ1n) is 6.08. The quantitative estimate of drug-likeness (QED) is 0.813. The van der Waals surface area contributed by atoms with Gasteiger partial charge in [0.25, 0.3) is 0 Å². The fourth-order valence-electron chi connectivity index (χ4n) is 2.03. The highest BCUT2D eigenvalue weighted by molar-refractivity contribution is 7.80. The van der Waals surface area contributed by atoms with E-state index in [1.54, 1.807) is 0 Å². The van der Waals surface area contributed by atoms with E-state index in [0.29, 0.717) is 6.42 Å². The lowest BCUT2D eigenvalue weighted by molar-refractivity contribution is -0.129.